The molecule has 0 bridgehead atoms. The van der Waals surface area contributed by atoms with E-state index in [0.29, 0.717) is 17.7 Å². The van der Waals surface area contributed by atoms with Gasteiger partial charge in [-0.3, -0.25) is 9.88 Å². The molecule has 2 atom stereocenters. The van der Waals surface area contributed by atoms with E-state index in [2.05, 4.69) is 33.6 Å². The Kier molecular flexibility index (Phi) is 5.46. The first-order valence-electron chi connectivity index (χ1n) is 11.2. The first-order chi connectivity index (χ1) is 15.5. The van der Waals surface area contributed by atoms with Crippen molar-refractivity contribution in [2.24, 2.45) is 0 Å². The molecule has 1 aliphatic heterocycles. The Labute approximate surface area is 185 Å². The summed E-state index contributed by atoms with van der Waals surface area (Å²) < 4.78 is 21.0. The fourth-order valence-electron chi connectivity index (χ4n) is 4.99. The lowest BCUT2D eigenvalue weighted by atomic mass is 10.1. The number of hydrogen-bond acceptors (Lipinski definition) is 5. The van der Waals surface area contributed by atoms with Crippen molar-refractivity contribution in [2.75, 3.05) is 24.5 Å². The number of aryl methyl sites for hydroxylation is 1. The molecule has 1 aliphatic rings. The highest BCUT2D eigenvalue weighted by molar-refractivity contribution is 5.86. The molecule has 0 amide bonds. The van der Waals surface area contributed by atoms with Gasteiger partial charge in [0.05, 0.1) is 28.6 Å². The smallest absolute Gasteiger partial charge is 0.406 e. The van der Waals surface area contributed by atoms with Gasteiger partial charge in [-0.2, -0.15) is 0 Å². The Bertz CT molecular complexity index is 1280. The zero-order chi connectivity index (χ0) is 22.2. The molecule has 1 fully saturated rings. The van der Waals surface area contributed by atoms with Crippen LogP contribution in [0.5, 0.6) is 0 Å². The van der Waals surface area contributed by atoms with E-state index in [-0.39, 0.29) is 5.82 Å². The molecular weight excluding hydrogens is 409 g/mol. The van der Waals surface area contributed by atoms with Crippen LogP contribution in [0, 0.1) is 5.82 Å². The van der Waals surface area contributed by atoms with Crippen LogP contribution in [0.4, 0.5) is 10.1 Å². The highest BCUT2D eigenvalue weighted by Gasteiger charge is 2.30. The fraction of sp³-hybridized carbons (Fsp3) is 0.417. The molecule has 0 unspecified atom stereocenters. The van der Waals surface area contributed by atoms with E-state index in [4.69, 9.17) is 4.42 Å². The molecule has 1 N–H and O–H groups in total. The maximum atomic E-state index is 13.6. The second-order valence-corrected chi connectivity index (χ2v) is 8.79. The van der Waals surface area contributed by atoms with Gasteiger partial charge < -0.3 is 13.9 Å². The monoisotopic (exact) mass is 437 g/mol. The third-order valence-corrected chi connectivity index (χ3v) is 6.52. The van der Waals surface area contributed by atoms with E-state index in [0.717, 1.165) is 61.3 Å². The lowest BCUT2D eigenvalue weighted by Gasteiger charge is -2.45. The third kappa shape index (κ3) is 3.90. The van der Waals surface area contributed by atoms with Crippen molar-refractivity contribution in [1.29, 1.82) is 0 Å². The molecule has 0 radical (unpaired) electrons. The molecule has 2 aromatic heterocycles. The average Bonchev–Trinajstić information content (AvgIpc) is 3.34. The molecule has 32 heavy (non-hydrogen) atoms. The predicted molar refractivity (Wildman–Crippen MR) is 124 cm³/mol. The maximum absolute atomic E-state index is 13.6. The number of aromatic nitrogens is 3. The summed E-state index contributed by atoms with van der Waals surface area (Å²) in [5, 5.41) is 0. The van der Waals surface area contributed by atoms with Gasteiger partial charge in [0.2, 0.25) is 0 Å². The van der Waals surface area contributed by atoms with Crippen molar-refractivity contribution >= 4 is 27.8 Å². The number of fused-ring (bicyclic) bond motifs is 2. The van der Waals surface area contributed by atoms with E-state index in [1.807, 2.05) is 22.8 Å². The van der Waals surface area contributed by atoms with Gasteiger partial charge >= 0.3 is 5.76 Å². The Hall–Kier alpha value is -3.13. The van der Waals surface area contributed by atoms with Crippen LogP contribution in [0.1, 0.15) is 26.7 Å². The largest absolute Gasteiger partial charge is 0.417 e. The zero-order valence-corrected chi connectivity index (χ0v) is 18.4. The Morgan fingerprint density at radius 1 is 1.12 bits per heavy atom. The van der Waals surface area contributed by atoms with Crippen LogP contribution in [0.2, 0.25) is 0 Å². The van der Waals surface area contributed by atoms with Crippen LogP contribution in [0.3, 0.4) is 0 Å². The Morgan fingerprint density at radius 2 is 1.91 bits per heavy atom. The molecular formula is C24H28FN5O2. The van der Waals surface area contributed by atoms with Crippen molar-refractivity contribution in [3.8, 4) is 0 Å². The van der Waals surface area contributed by atoms with Crippen LogP contribution >= 0.6 is 0 Å². The molecule has 8 heteroatoms. The number of hydrogen-bond donors (Lipinski definition) is 1. The van der Waals surface area contributed by atoms with Crippen LogP contribution in [0.25, 0.3) is 22.1 Å². The lowest BCUT2D eigenvalue weighted by molar-refractivity contribution is 0.129. The summed E-state index contributed by atoms with van der Waals surface area (Å²) in [6.07, 6.45) is 3.87. The highest BCUT2D eigenvalue weighted by Crippen LogP contribution is 2.29. The number of nitrogens with one attached hydrogen (secondary N) is 1. The van der Waals surface area contributed by atoms with Crippen molar-refractivity contribution in [2.45, 2.75) is 45.3 Å². The van der Waals surface area contributed by atoms with Gasteiger partial charge in [-0.05, 0) is 63.6 Å². The van der Waals surface area contributed by atoms with Gasteiger partial charge in [-0.15, -0.1) is 0 Å². The molecule has 0 spiro atoms. The summed E-state index contributed by atoms with van der Waals surface area (Å²) in [7, 11) is 0. The highest BCUT2D eigenvalue weighted by atomic mass is 19.1. The number of rotatable bonds is 6. The second kappa shape index (κ2) is 8.43. The molecule has 7 nitrogen and oxygen atoms in total. The van der Waals surface area contributed by atoms with Crippen LogP contribution < -0.4 is 10.7 Å². The minimum atomic E-state index is -0.416. The van der Waals surface area contributed by atoms with Crippen molar-refractivity contribution in [3.05, 3.63) is 59.1 Å². The molecule has 1 saturated heterocycles. The van der Waals surface area contributed by atoms with E-state index < -0.39 is 5.76 Å². The summed E-state index contributed by atoms with van der Waals surface area (Å²) >= 11 is 0. The van der Waals surface area contributed by atoms with E-state index in [1.54, 1.807) is 18.5 Å². The lowest BCUT2D eigenvalue weighted by Crippen LogP contribution is -2.57. The topological polar surface area (TPSA) is 70.3 Å². The molecule has 168 valence electrons. The Morgan fingerprint density at radius 3 is 2.72 bits per heavy atom. The van der Waals surface area contributed by atoms with Gasteiger partial charge in [0.1, 0.15) is 5.82 Å². The van der Waals surface area contributed by atoms with Crippen molar-refractivity contribution < 1.29 is 8.81 Å². The van der Waals surface area contributed by atoms with Gasteiger partial charge in [-0.25, -0.2) is 14.2 Å². The third-order valence-electron chi connectivity index (χ3n) is 6.52. The van der Waals surface area contributed by atoms with Crippen molar-refractivity contribution in [3.63, 3.8) is 0 Å². The van der Waals surface area contributed by atoms with Crippen LogP contribution in [0.15, 0.2) is 51.9 Å². The predicted octanol–water partition coefficient (Wildman–Crippen LogP) is 3.99. The number of benzene rings is 2. The van der Waals surface area contributed by atoms with Crippen molar-refractivity contribution in [1.82, 2.24) is 19.4 Å². The summed E-state index contributed by atoms with van der Waals surface area (Å²) in [4.78, 5) is 23.6. The summed E-state index contributed by atoms with van der Waals surface area (Å²) in [5.74, 6) is -0.644. The number of aromatic amines is 1. The van der Waals surface area contributed by atoms with E-state index in [1.165, 1.54) is 6.07 Å². The number of unbranched alkanes of at least 4 members (excludes halogenated alkanes) is 1. The molecule has 5 rings (SSSR count). The molecule has 4 aromatic rings. The van der Waals surface area contributed by atoms with E-state index in [9.17, 15) is 9.18 Å². The number of H-pyrrole nitrogens is 1. The SMILES string of the molecule is C[C@@H]1CN(c2cccc3[nH]c(=O)oc23)C[C@H](C)N1CCCCn1cnc2ccc(F)cc21. The van der Waals surface area contributed by atoms with Gasteiger partial charge in [0, 0.05) is 31.7 Å². The Balaban J connectivity index is 1.20. The maximum Gasteiger partial charge on any atom is 0.417 e. The van der Waals surface area contributed by atoms with Crippen LogP contribution in [-0.2, 0) is 6.54 Å². The summed E-state index contributed by atoms with van der Waals surface area (Å²) in [6, 6.07) is 11.3. The minimum Gasteiger partial charge on any atom is -0.406 e. The molecule has 3 heterocycles. The number of nitrogens with zero attached hydrogens (tertiary/aromatic N) is 4. The number of oxazole rings is 1. The number of piperazine rings is 1. The zero-order valence-electron chi connectivity index (χ0n) is 18.4. The summed E-state index contributed by atoms with van der Waals surface area (Å²) in [5.41, 5.74) is 4.03. The average molecular weight is 438 g/mol. The molecule has 0 saturated carbocycles. The first kappa shape index (κ1) is 20.8. The van der Waals surface area contributed by atoms with Crippen LogP contribution in [-0.4, -0.2) is 51.2 Å². The standard InChI is InChI=1S/C24H28FN5O2/c1-16-13-29(21-7-5-6-20-23(21)32-24(31)27-20)14-17(2)30(16)11-4-3-10-28-15-26-19-9-8-18(25)12-22(19)28/h5-9,12,15-17H,3-4,10-11,13-14H2,1-2H3,(H,27,31)/t16-,17+. The number of para-hydroxylation sites is 1. The van der Waals surface area contributed by atoms with Gasteiger partial charge in [0.25, 0.3) is 0 Å². The van der Waals surface area contributed by atoms with Gasteiger partial charge in [0.15, 0.2) is 5.58 Å². The minimum absolute atomic E-state index is 0.227. The second-order valence-electron chi connectivity index (χ2n) is 8.79. The number of imidazole rings is 1. The quantitative estimate of drug-likeness (QED) is 0.462. The fourth-order valence-corrected chi connectivity index (χ4v) is 4.99. The number of halogens is 1. The number of anilines is 1. The normalized spacial score (nSPS) is 19.9. The summed E-state index contributed by atoms with van der Waals surface area (Å²) in [6.45, 7) is 8.11. The van der Waals surface area contributed by atoms with E-state index >= 15 is 0 Å². The molecule has 2 aromatic carbocycles. The first-order valence-corrected chi connectivity index (χ1v) is 11.2. The molecule has 0 aliphatic carbocycles. The van der Waals surface area contributed by atoms with Gasteiger partial charge in [-0.1, -0.05) is 6.07 Å².